The van der Waals surface area contributed by atoms with Crippen LogP contribution in [0.2, 0.25) is 0 Å². The van der Waals surface area contributed by atoms with Crippen LogP contribution < -0.4 is 11.3 Å². The van der Waals surface area contributed by atoms with Crippen molar-refractivity contribution in [2.75, 3.05) is 5.43 Å². The van der Waals surface area contributed by atoms with Crippen LogP contribution in [0, 0.1) is 0 Å². The zero-order valence-corrected chi connectivity index (χ0v) is 11.8. The normalized spacial score (nSPS) is 14.5. The number of rotatable bonds is 2. The van der Waals surface area contributed by atoms with Crippen LogP contribution in [-0.4, -0.2) is 20.7 Å². The highest BCUT2D eigenvalue weighted by Crippen LogP contribution is 2.36. The first-order chi connectivity index (χ1) is 10.9. The summed E-state index contributed by atoms with van der Waals surface area (Å²) < 4.78 is 39.4. The molecule has 0 spiro atoms. The fraction of sp³-hybridized carbons (Fsp3) is 0.286. The summed E-state index contributed by atoms with van der Waals surface area (Å²) in [6.45, 7) is 0. The van der Waals surface area contributed by atoms with E-state index in [4.69, 9.17) is 5.84 Å². The summed E-state index contributed by atoms with van der Waals surface area (Å²) >= 11 is 0. The molecule has 0 atom stereocenters. The van der Waals surface area contributed by atoms with E-state index in [9.17, 15) is 18.0 Å². The molecule has 3 rings (SSSR count). The molecule has 0 saturated heterocycles. The van der Waals surface area contributed by atoms with Gasteiger partial charge in [0.05, 0.1) is 16.8 Å². The number of fused-ring (bicyclic) bond motifs is 1. The smallest absolute Gasteiger partial charge is 0.308 e. The lowest BCUT2D eigenvalue weighted by atomic mass is 9.95. The molecular formula is C14H12F3N5O. The van der Waals surface area contributed by atoms with E-state index in [1.165, 1.54) is 0 Å². The molecule has 0 aromatic carbocycles. The van der Waals surface area contributed by atoms with Gasteiger partial charge in [0.2, 0.25) is 0 Å². The first-order valence-corrected chi connectivity index (χ1v) is 6.84. The largest absolute Gasteiger partial charge is 0.417 e. The topological polar surface area (TPSA) is 93.8 Å². The van der Waals surface area contributed by atoms with Gasteiger partial charge in [-0.05, 0) is 18.9 Å². The van der Waals surface area contributed by atoms with E-state index in [0.717, 1.165) is 18.5 Å². The van der Waals surface area contributed by atoms with Crippen LogP contribution in [0.1, 0.15) is 34.5 Å². The number of Topliss-reactive ketones (excluding diaryl/α,β-unsaturated/α-hetero) is 1. The van der Waals surface area contributed by atoms with Crippen LogP contribution in [0.3, 0.4) is 0 Å². The van der Waals surface area contributed by atoms with Crippen LogP contribution in [0.15, 0.2) is 18.5 Å². The molecule has 0 saturated carbocycles. The Morgan fingerprint density at radius 2 is 2.00 bits per heavy atom. The van der Waals surface area contributed by atoms with Gasteiger partial charge in [0.15, 0.2) is 17.4 Å². The van der Waals surface area contributed by atoms with Crippen LogP contribution in [-0.2, 0) is 12.6 Å². The molecule has 2 heterocycles. The van der Waals surface area contributed by atoms with Crippen LogP contribution in [0.25, 0.3) is 11.4 Å². The van der Waals surface area contributed by atoms with Crippen LogP contribution in [0.4, 0.5) is 19.0 Å². The number of nitrogen functional groups attached to an aromatic ring is 1. The number of aryl methyl sites for hydroxylation is 1. The number of hydrazine groups is 1. The van der Waals surface area contributed by atoms with E-state index in [1.54, 1.807) is 0 Å². The number of aromatic nitrogens is 3. The van der Waals surface area contributed by atoms with Gasteiger partial charge in [0.1, 0.15) is 0 Å². The Kier molecular flexibility index (Phi) is 3.72. The predicted octanol–water partition coefficient (Wildman–Crippen LogP) is 2.36. The Hall–Kier alpha value is -2.55. The molecule has 120 valence electrons. The Morgan fingerprint density at radius 1 is 1.22 bits per heavy atom. The van der Waals surface area contributed by atoms with Gasteiger partial charge in [-0.25, -0.2) is 15.8 Å². The molecule has 0 radical (unpaired) electrons. The highest BCUT2D eigenvalue weighted by atomic mass is 19.4. The molecule has 0 unspecified atom stereocenters. The molecule has 9 heteroatoms. The minimum absolute atomic E-state index is 0.0340. The van der Waals surface area contributed by atoms with E-state index >= 15 is 0 Å². The van der Waals surface area contributed by atoms with Crippen molar-refractivity contribution in [2.24, 2.45) is 5.84 Å². The third-order valence-corrected chi connectivity index (χ3v) is 3.58. The molecule has 2 aromatic rings. The summed E-state index contributed by atoms with van der Waals surface area (Å²) in [5.41, 5.74) is 1.79. The van der Waals surface area contributed by atoms with Crippen LogP contribution in [0.5, 0.6) is 0 Å². The standard InChI is InChI=1S/C14H12F3N5O/c15-14(16,17)8-4-5-19-6-7(8)12-20-9-2-1-3-10(23)11(9)13(21-12)22-18/h4-6H,1-3,18H2,(H,20,21,22). The average Bonchev–Trinajstić information content (AvgIpc) is 2.53. The number of hydrogen-bond donors (Lipinski definition) is 2. The quantitative estimate of drug-likeness (QED) is 0.651. The number of halogens is 3. The lowest BCUT2D eigenvalue weighted by molar-refractivity contribution is -0.137. The average molecular weight is 323 g/mol. The van der Waals surface area contributed by atoms with Gasteiger partial charge in [-0.2, -0.15) is 13.2 Å². The summed E-state index contributed by atoms with van der Waals surface area (Å²) in [6.07, 6.45) is -1.06. The summed E-state index contributed by atoms with van der Waals surface area (Å²) in [5, 5.41) is 0. The van der Waals surface area contributed by atoms with Gasteiger partial charge in [0.25, 0.3) is 0 Å². The van der Waals surface area contributed by atoms with Crippen molar-refractivity contribution < 1.29 is 18.0 Å². The fourth-order valence-corrected chi connectivity index (χ4v) is 2.57. The van der Waals surface area contributed by atoms with Crippen molar-refractivity contribution in [3.63, 3.8) is 0 Å². The second kappa shape index (κ2) is 5.58. The maximum Gasteiger partial charge on any atom is 0.417 e. The minimum atomic E-state index is -4.57. The lowest BCUT2D eigenvalue weighted by Gasteiger charge is -2.18. The number of pyridine rings is 1. The van der Waals surface area contributed by atoms with E-state index in [1.807, 2.05) is 0 Å². The van der Waals surface area contributed by atoms with Crippen molar-refractivity contribution in [2.45, 2.75) is 25.4 Å². The van der Waals surface area contributed by atoms with Crippen molar-refractivity contribution >= 4 is 11.6 Å². The first kappa shape index (κ1) is 15.3. The highest BCUT2D eigenvalue weighted by Gasteiger charge is 2.35. The van der Waals surface area contributed by atoms with E-state index < -0.39 is 11.7 Å². The third kappa shape index (κ3) is 2.74. The zero-order chi connectivity index (χ0) is 16.6. The van der Waals surface area contributed by atoms with Gasteiger partial charge in [-0.1, -0.05) is 0 Å². The van der Waals surface area contributed by atoms with Gasteiger partial charge in [0, 0.05) is 24.4 Å². The number of nitrogens with zero attached hydrogens (tertiary/aromatic N) is 3. The molecule has 2 aromatic heterocycles. The summed E-state index contributed by atoms with van der Waals surface area (Å²) in [6, 6.07) is 0.860. The van der Waals surface area contributed by atoms with Crippen LogP contribution >= 0.6 is 0 Å². The molecule has 0 amide bonds. The summed E-state index contributed by atoms with van der Waals surface area (Å²) in [4.78, 5) is 23.8. The van der Waals surface area contributed by atoms with Crippen molar-refractivity contribution in [1.82, 2.24) is 15.0 Å². The van der Waals surface area contributed by atoms with Crippen molar-refractivity contribution in [3.05, 3.63) is 35.3 Å². The molecular weight excluding hydrogens is 311 g/mol. The molecule has 1 aliphatic rings. The maximum atomic E-state index is 13.1. The predicted molar refractivity (Wildman–Crippen MR) is 75.3 cm³/mol. The second-order valence-corrected chi connectivity index (χ2v) is 5.06. The van der Waals surface area contributed by atoms with Gasteiger partial charge >= 0.3 is 6.18 Å². The number of hydrogen-bond acceptors (Lipinski definition) is 6. The number of anilines is 1. The summed E-state index contributed by atoms with van der Waals surface area (Å²) in [7, 11) is 0. The van der Waals surface area contributed by atoms with Crippen molar-refractivity contribution in [3.8, 4) is 11.4 Å². The van der Waals surface area contributed by atoms with Gasteiger partial charge in [-0.15, -0.1) is 0 Å². The second-order valence-electron chi connectivity index (χ2n) is 5.06. The third-order valence-electron chi connectivity index (χ3n) is 3.58. The summed E-state index contributed by atoms with van der Waals surface area (Å²) in [5.74, 6) is 5.08. The van der Waals surface area contributed by atoms with E-state index in [0.29, 0.717) is 25.0 Å². The number of carbonyl (C=O) groups is 1. The maximum absolute atomic E-state index is 13.1. The Labute approximate surface area is 128 Å². The molecule has 1 aliphatic carbocycles. The van der Waals surface area contributed by atoms with E-state index in [-0.39, 0.29) is 28.6 Å². The zero-order valence-electron chi connectivity index (χ0n) is 11.8. The molecule has 0 bridgehead atoms. The number of ketones is 1. The Morgan fingerprint density at radius 3 is 2.70 bits per heavy atom. The number of nitrogens with one attached hydrogen (secondary N) is 1. The molecule has 0 fully saturated rings. The highest BCUT2D eigenvalue weighted by molar-refractivity contribution is 6.02. The lowest BCUT2D eigenvalue weighted by Crippen LogP contribution is -2.21. The molecule has 0 aliphatic heterocycles. The SMILES string of the molecule is NNc1nc(-c2cnccc2C(F)(F)F)nc2c1C(=O)CCC2. The molecule has 23 heavy (non-hydrogen) atoms. The molecule has 3 N–H and O–H groups in total. The van der Waals surface area contributed by atoms with Crippen molar-refractivity contribution in [1.29, 1.82) is 0 Å². The first-order valence-electron chi connectivity index (χ1n) is 6.84. The Bertz CT molecular complexity index is 758. The van der Waals surface area contributed by atoms with Gasteiger partial charge in [-0.3, -0.25) is 9.78 Å². The fourth-order valence-electron chi connectivity index (χ4n) is 2.57. The van der Waals surface area contributed by atoms with E-state index in [2.05, 4.69) is 20.4 Å². The monoisotopic (exact) mass is 323 g/mol. The minimum Gasteiger partial charge on any atom is -0.308 e. The van der Waals surface area contributed by atoms with Gasteiger partial charge < -0.3 is 5.43 Å². The number of alkyl halides is 3. The Balaban J connectivity index is 2.21. The number of carbonyl (C=O) groups excluding carboxylic acids is 1. The molecule has 6 nitrogen and oxygen atoms in total. The number of nitrogens with two attached hydrogens (primary N) is 1.